The number of nitrogens with one attached hydrogen (secondary N) is 1. The van der Waals surface area contributed by atoms with E-state index in [4.69, 9.17) is 14.5 Å². The van der Waals surface area contributed by atoms with Crippen LogP contribution in [0, 0.1) is 0 Å². The van der Waals surface area contributed by atoms with E-state index in [9.17, 15) is 18.1 Å². The molecule has 0 unspecified atom stereocenters. The van der Waals surface area contributed by atoms with Gasteiger partial charge in [0.2, 0.25) is 0 Å². The molecule has 4 aromatic rings. The zero-order valence-corrected chi connectivity index (χ0v) is 21.0. The zero-order chi connectivity index (χ0) is 25.2. The van der Waals surface area contributed by atoms with Gasteiger partial charge in [-0.05, 0) is 49.6 Å². The number of carbonyl (C=O) groups excluding carboxylic acids is 1. The second kappa shape index (κ2) is 8.38. The molecule has 12 heteroatoms. The topological polar surface area (TPSA) is 95.3 Å². The van der Waals surface area contributed by atoms with E-state index in [0.29, 0.717) is 28.6 Å². The molecule has 0 fully saturated rings. The summed E-state index contributed by atoms with van der Waals surface area (Å²) < 4.78 is 50.8. The monoisotopic (exact) mass is 530 g/mol. The fourth-order valence-corrected chi connectivity index (χ4v) is 6.11. The normalized spacial score (nSPS) is 18.6. The molecule has 4 heterocycles. The second-order valence-electron chi connectivity index (χ2n) is 9.25. The summed E-state index contributed by atoms with van der Waals surface area (Å²) in [7, 11) is -2.34. The molecule has 0 aliphatic carbocycles. The third-order valence-electron chi connectivity index (χ3n) is 6.23. The number of amides is 1. The molecule has 186 valence electrons. The predicted octanol–water partition coefficient (Wildman–Crippen LogP) is 5.50. The smallest absolute Gasteiger partial charge is 0.387 e. The largest absolute Gasteiger partial charge is 0.462 e. The molecule has 2 atom stereocenters. The van der Waals surface area contributed by atoms with Gasteiger partial charge in [0.25, 0.3) is 11.1 Å². The van der Waals surface area contributed by atoms with Crippen molar-refractivity contribution in [3.63, 3.8) is 0 Å². The molecule has 2 aromatic carbocycles. The summed E-state index contributed by atoms with van der Waals surface area (Å²) in [5, 5.41) is 3.42. The van der Waals surface area contributed by atoms with Crippen LogP contribution in [0.1, 0.15) is 40.3 Å². The van der Waals surface area contributed by atoms with Crippen molar-refractivity contribution >= 4 is 35.4 Å². The number of thiazole rings is 1. The first kappa shape index (κ1) is 23.1. The lowest BCUT2D eigenvalue weighted by Crippen LogP contribution is -2.28. The first-order chi connectivity index (χ1) is 17.2. The van der Waals surface area contributed by atoms with Gasteiger partial charge in [0, 0.05) is 17.3 Å². The van der Waals surface area contributed by atoms with Crippen molar-refractivity contribution in [2.75, 3.05) is 19.7 Å². The molecule has 0 saturated heterocycles. The van der Waals surface area contributed by atoms with Crippen LogP contribution in [-0.2, 0) is 4.57 Å². The summed E-state index contributed by atoms with van der Waals surface area (Å²) in [5.74, 6) is 0.326. The standard InChI is InChI=1S/C24H21F2N4O4PS/c1-35(2,32)11-33-24-27-10-19(36-24)12-6-7-14-16(8-12)30-17-9-15(21(30)28-14)29-22(31)13-4-3-5-18(20(13)17)34-23(25)26/h3-8,10,15,17,23H,9,11H2,1-2H3,(H,29,31)/t15-,17-/m1/s1. The number of halogens is 2. The van der Waals surface area contributed by atoms with Crippen molar-refractivity contribution in [3.8, 4) is 21.4 Å². The summed E-state index contributed by atoms with van der Waals surface area (Å²) in [4.78, 5) is 22.8. The van der Waals surface area contributed by atoms with Crippen LogP contribution in [-0.4, -0.2) is 46.7 Å². The molecule has 1 amide bonds. The van der Waals surface area contributed by atoms with Gasteiger partial charge in [0.05, 0.1) is 28.0 Å². The molecule has 1 N–H and O–H groups in total. The quantitative estimate of drug-likeness (QED) is 0.331. The highest BCUT2D eigenvalue weighted by molar-refractivity contribution is 7.62. The van der Waals surface area contributed by atoms with Gasteiger partial charge in [-0.1, -0.05) is 23.5 Å². The third-order valence-corrected chi connectivity index (χ3v) is 7.94. The van der Waals surface area contributed by atoms with E-state index in [0.717, 1.165) is 21.5 Å². The highest BCUT2D eigenvalue weighted by atomic mass is 32.1. The van der Waals surface area contributed by atoms with Crippen LogP contribution in [0.25, 0.3) is 21.5 Å². The second-order valence-corrected chi connectivity index (χ2v) is 13.7. The number of nitrogens with zero attached hydrogens (tertiary/aromatic N) is 3. The van der Waals surface area contributed by atoms with Crippen molar-refractivity contribution in [3.05, 3.63) is 59.5 Å². The zero-order valence-electron chi connectivity index (χ0n) is 19.3. The van der Waals surface area contributed by atoms with Gasteiger partial charge in [0.1, 0.15) is 25.1 Å². The fraction of sp³-hybridized carbons (Fsp3) is 0.292. The van der Waals surface area contributed by atoms with E-state index < -0.39 is 19.8 Å². The number of alkyl halides is 2. The van der Waals surface area contributed by atoms with E-state index in [2.05, 4.69) is 10.3 Å². The highest BCUT2D eigenvalue weighted by Gasteiger charge is 2.42. The van der Waals surface area contributed by atoms with Crippen LogP contribution in [0.5, 0.6) is 10.9 Å². The lowest BCUT2D eigenvalue weighted by atomic mass is 9.97. The Labute approximate surface area is 208 Å². The first-order valence-corrected chi connectivity index (χ1v) is 14.8. The van der Waals surface area contributed by atoms with Gasteiger partial charge in [-0.25, -0.2) is 9.97 Å². The van der Waals surface area contributed by atoms with Crippen LogP contribution < -0.4 is 14.8 Å². The summed E-state index contributed by atoms with van der Waals surface area (Å²) in [6, 6.07) is 9.66. The maximum Gasteiger partial charge on any atom is 0.387 e. The summed E-state index contributed by atoms with van der Waals surface area (Å²) >= 11 is 1.35. The average Bonchev–Trinajstić information content (AvgIpc) is 3.49. The van der Waals surface area contributed by atoms with Gasteiger partial charge in [-0.2, -0.15) is 8.78 Å². The maximum absolute atomic E-state index is 13.2. The Morgan fingerprint density at radius 3 is 2.89 bits per heavy atom. The van der Waals surface area contributed by atoms with Crippen molar-refractivity contribution in [2.45, 2.75) is 25.1 Å². The van der Waals surface area contributed by atoms with Crippen molar-refractivity contribution in [2.24, 2.45) is 0 Å². The number of carbonyl (C=O) groups is 1. The van der Waals surface area contributed by atoms with E-state index in [-0.39, 0.29) is 24.0 Å². The highest BCUT2D eigenvalue weighted by Crippen LogP contribution is 2.48. The summed E-state index contributed by atoms with van der Waals surface area (Å²) in [6.07, 6.45) is 2.30. The summed E-state index contributed by atoms with van der Waals surface area (Å²) in [5.41, 5.74) is 3.17. The predicted molar refractivity (Wildman–Crippen MR) is 132 cm³/mol. The van der Waals surface area contributed by atoms with Crippen LogP contribution >= 0.6 is 18.5 Å². The molecular formula is C24H21F2N4O4PS. The minimum absolute atomic E-state index is 0.0115. The molecule has 0 spiro atoms. The van der Waals surface area contributed by atoms with Crippen LogP contribution in [0.2, 0.25) is 0 Å². The first-order valence-electron chi connectivity index (χ1n) is 11.2. The van der Waals surface area contributed by atoms with E-state index in [1.54, 1.807) is 31.7 Å². The average molecular weight is 530 g/mol. The molecule has 36 heavy (non-hydrogen) atoms. The van der Waals surface area contributed by atoms with Gasteiger partial charge in [-0.3, -0.25) is 4.79 Å². The van der Waals surface area contributed by atoms with E-state index >= 15 is 0 Å². The maximum atomic E-state index is 13.2. The molecule has 0 radical (unpaired) electrons. The minimum Gasteiger partial charge on any atom is -0.462 e. The number of hydrogen-bond donors (Lipinski definition) is 1. The Bertz CT molecular complexity index is 1560. The van der Waals surface area contributed by atoms with Gasteiger partial charge < -0.3 is 23.9 Å². The van der Waals surface area contributed by atoms with Crippen LogP contribution in [0.3, 0.4) is 0 Å². The van der Waals surface area contributed by atoms with Gasteiger partial charge in [-0.15, -0.1) is 0 Å². The van der Waals surface area contributed by atoms with Crippen LogP contribution in [0.15, 0.2) is 42.6 Å². The van der Waals surface area contributed by atoms with Crippen molar-refractivity contribution in [1.29, 1.82) is 0 Å². The third kappa shape index (κ3) is 3.96. The number of rotatable bonds is 6. The number of benzene rings is 2. The van der Waals surface area contributed by atoms with Gasteiger partial charge in [0.15, 0.2) is 0 Å². The molecule has 2 aliphatic heterocycles. The number of fused-ring (bicyclic) bond motifs is 9. The SMILES string of the molecule is CP(C)(=O)COc1ncc(-c2ccc3nc4n(c3c2)[C@@H]2C[C@H]4NC(=O)c3cccc(OC(F)F)c32)s1. The molecule has 6 rings (SSSR count). The lowest BCUT2D eigenvalue weighted by Gasteiger charge is -2.21. The Morgan fingerprint density at radius 1 is 1.28 bits per heavy atom. The molecular weight excluding hydrogens is 509 g/mol. The Morgan fingerprint density at radius 2 is 2.11 bits per heavy atom. The lowest BCUT2D eigenvalue weighted by molar-refractivity contribution is -0.0507. The Balaban J connectivity index is 1.44. The number of ether oxygens (including phenoxy) is 2. The molecule has 0 saturated carbocycles. The van der Waals surface area contributed by atoms with Crippen molar-refractivity contribution in [1.82, 2.24) is 19.9 Å². The number of hydrogen-bond acceptors (Lipinski definition) is 7. The van der Waals surface area contributed by atoms with E-state index in [1.165, 1.54) is 17.4 Å². The Hall–Kier alpha value is -3.30. The molecule has 2 bridgehead atoms. The fourth-order valence-electron chi connectivity index (χ4n) is 4.83. The molecule has 2 aromatic heterocycles. The summed E-state index contributed by atoms with van der Waals surface area (Å²) in [6.45, 7) is 0.307. The van der Waals surface area contributed by atoms with E-state index in [1.807, 2.05) is 22.8 Å². The van der Waals surface area contributed by atoms with Crippen molar-refractivity contribution < 1.29 is 27.6 Å². The Kier molecular flexibility index (Phi) is 5.38. The van der Waals surface area contributed by atoms with Crippen LogP contribution in [0.4, 0.5) is 8.78 Å². The molecule has 8 nitrogen and oxygen atoms in total. The number of imidazole rings is 1. The van der Waals surface area contributed by atoms with Gasteiger partial charge >= 0.3 is 6.61 Å². The molecule has 2 aliphatic rings. The minimum atomic E-state index is -3.01. The number of aromatic nitrogens is 3.